The van der Waals surface area contributed by atoms with Crippen molar-refractivity contribution in [1.82, 2.24) is 5.32 Å². The van der Waals surface area contributed by atoms with E-state index in [4.69, 9.17) is 5.11 Å². The van der Waals surface area contributed by atoms with Gasteiger partial charge in [-0.15, -0.1) is 0 Å². The van der Waals surface area contributed by atoms with Crippen LogP contribution in [0.2, 0.25) is 0 Å². The van der Waals surface area contributed by atoms with E-state index in [2.05, 4.69) is 5.32 Å². The smallest absolute Gasteiger partial charge is 0.130 e. The van der Waals surface area contributed by atoms with Gasteiger partial charge in [-0.1, -0.05) is 13.0 Å². The maximum absolute atomic E-state index is 13.4. The lowest BCUT2D eigenvalue weighted by Gasteiger charge is -2.18. The van der Waals surface area contributed by atoms with Gasteiger partial charge in [0.15, 0.2) is 0 Å². The van der Waals surface area contributed by atoms with Gasteiger partial charge in [0.2, 0.25) is 0 Å². The zero-order chi connectivity index (χ0) is 11.3. The van der Waals surface area contributed by atoms with Gasteiger partial charge >= 0.3 is 0 Å². The summed E-state index contributed by atoms with van der Waals surface area (Å²) in [6, 6.07) is 3.30. The topological polar surface area (TPSA) is 32.3 Å². The first-order chi connectivity index (χ1) is 7.20. The molecule has 0 radical (unpaired) electrons. The van der Waals surface area contributed by atoms with E-state index in [-0.39, 0.29) is 12.2 Å². The third-order valence-electron chi connectivity index (χ3n) is 2.22. The van der Waals surface area contributed by atoms with Crippen LogP contribution in [-0.4, -0.2) is 18.3 Å². The van der Waals surface area contributed by atoms with Gasteiger partial charge in [-0.05, 0) is 25.1 Å². The summed E-state index contributed by atoms with van der Waals surface area (Å²) < 4.78 is 26.8. The summed E-state index contributed by atoms with van der Waals surface area (Å²) in [6.07, 6.45) is 0.297. The fraction of sp³-hybridized carbons (Fsp3) is 0.455. The molecular formula is C11H15F2NO. The van der Waals surface area contributed by atoms with Crippen LogP contribution in [0.15, 0.2) is 18.2 Å². The van der Waals surface area contributed by atoms with E-state index in [1.807, 2.05) is 6.92 Å². The number of aliphatic hydroxyl groups is 1. The van der Waals surface area contributed by atoms with Gasteiger partial charge in [0, 0.05) is 18.2 Å². The zero-order valence-electron chi connectivity index (χ0n) is 8.63. The molecule has 0 aliphatic carbocycles. The highest BCUT2D eigenvalue weighted by atomic mass is 19.1. The minimum absolute atomic E-state index is 0.00778. The Kier molecular flexibility index (Phi) is 4.65. The van der Waals surface area contributed by atoms with Crippen molar-refractivity contribution in [3.05, 3.63) is 35.4 Å². The first-order valence-electron chi connectivity index (χ1n) is 4.98. The molecule has 1 aromatic rings. The van der Waals surface area contributed by atoms with Crippen LogP contribution in [-0.2, 0) is 0 Å². The first-order valence-corrected chi connectivity index (χ1v) is 4.98. The normalized spacial score (nSPS) is 12.8. The molecule has 0 spiro atoms. The lowest BCUT2D eigenvalue weighted by molar-refractivity contribution is 0.263. The maximum Gasteiger partial charge on any atom is 0.130 e. The van der Waals surface area contributed by atoms with Crippen molar-refractivity contribution in [3.8, 4) is 0 Å². The Bertz CT molecular complexity index is 291. The molecule has 1 aromatic carbocycles. The average Bonchev–Trinajstić information content (AvgIpc) is 2.18. The second-order valence-electron chi connectivity index (χ2n) is 3.26. The lowest BCUT2D eigenvalue weighted by atomic mass is 10.0. The molecule has 0 aromatic heterocycles. The van der Waals surface area contributed by atoms with E-state index >= 15 is 0 Å². The molecule has 1 rings (SSSR count). The predicted octanol–water partition coefficient (Wildman–Crippen LogP) is 2.00. The molecule has 0 amide bonds. The van der Waals surface area contributed by atoms with E-state index in [0.29, 0.717) is 13.0 Å². The van der Waals surface area contributed by atoms with Crippen molar-refractivity contribution < 1.29 is 13.9 Å². The van der Waals surface area contributed by atoms with E-state index in [1.165, 1.54) is 18.2 Å². The fourth-order valence-electron chi connectivity index (χ4n) is 1.57. The van der Waals surface area contributed by atoms with Crippen molar-refractivity contribution in [3.63, 3.8) is 0 Å². The van der Waals surface area contributed by atoms with E-state index in [1.54, 1.807) is 0 Å². The highest BCUT2D eigenvalue weighted by Gasteiger charge is 2.18. The van der Waals surface area contributed by atoms with Gasteiger partial charge in [0.25, 0.3) is 0 Å². The molecule has 4 heteroatoms. The Morgan fingerprint density at radius 1 is 1.33 bits per heavy atom. The minimum Gasteiger partial charge on any atom is -0.396 e. The maximum atomic E-state index is 13.4. The Labute approximate surface area is 87.9 Å². The summed E-state index contributed by atoms with van der Waals surface area (Å²) in [5.74, 6) is -1.15. The Hall–Kier alpha value is -1.00. The van der Waals surface area contributed by atoms with Crippen LogP contribution in [0.4, 0.5) is 8.78 Å². The molecule has 0 aliphatic rings. The van der Waals surface area contributed by atoms with Crippen LogP contribution in [0.1, 0.15) is 24.9 Å². The monoisotopic (exact) mass is 215 g/mol. The van der Waals surface area contributed by atoms with Crippen molar-refractivity contribution >= 4 is 0 Å². The van der Waals surface area contributed by atoms with E-state index in [9.17, 15) is 8.78 Å². The third-order valence-corrected chi connectivity index (χ3v) is 2.22. The zero-order valence-corrected chi connectivity index (χ0v) is 8.63. The molecule has 0 bridgehead atoms. The van der Waals surface area contributed by atoms with Gasteiger partial charge in [-0.3, -0.25) is 0 Å². The number of hydrogen-bond donors (Lipinski definition) is 2. The summed E-state index contributed by atoms with van der Waals surface area (Å²) in [7, 11) is 0. The molecule has 0 saturated heterocycles. The van der Waals surface area contributed by atoms with Crippen molar-refractivity contribution in [2.24, 2.45) is 0 Å². The second-order valence-corrected chi connectivity index (χ2v) is 3.26. The summed E-state index contributed by atoms with van der Waals surface area (Å²) in [4.78, 5) is 0. The van der Waals surface area contributed by atoms with Crippen molar-refractivity contribution in [1.29, 1.82) is 0 Å². The largest absolute Gasteiger partial charge is 0.396 e. The van der Waals surface area contributed by atoms with Crippen LogP contribution in [0.5, 0.6) is 0 Å². The number of hydrogen-bond acceptors (Lipinski definition) is 2. The van der Waals surface area contributed by atoms with Gasteiger partial charge in [-0.2, -0.15) is 0 Å². The molecular weight excluding hydrogens is 200 g/mol. The van der Waals surface area contributed by atoms with E-state index in [0.717, 1.165) is 0 Å². The van der Waals surface area contributed by atoms with Crippen LogP contribution >= 0.6 is 0 Å². The first kappa shape index (κ1) is 12.1. The Morgan fingerprint density at radius 3 is 2.40 bits per heavy atom. The molecule has 1 unspecified atom stereocenters. The molecule has 0 aliphatic heterocycles. The lowest BCUT2D eigenvalue weighted by Crippen LogP contribution is -2.24. The predicted molar refractivity (Wildman–Crippen MR) is 54.5 cm³/mol. The highest BCUT2D eigenvalue weighted by Crippen LogP contribution is 2.22. The summed E-state index contributed by atoms with van der Waals surface area (Å²) in [5.41, 5.74) is 0.00778. The van der Waals surface area contributed by atoms with Crippen LogP contribution in [0.3, 0.4) is 0 Å². The second kappa shape index (κ2) is 5.78. The van der Waals surface area contributed by atoms with Gasteiger partial charge in [0.05, 0.1) is 0 Å². The molecule has 2 nitrogen and oxygen atoms in total. The summed E-state index contributed by atoms with van der Waals surface area (Å²) in [6.45, 7) is 2.34. The number of benzene rings is 1. The molecule has 1 atom stereocenters. The number of rotatable bonds is 5. The van der Waals surface area contributed by atoms with Crippen LogP contribution < -0.4 is 5.32 Å². The van der Waals surface area contributed by atoms with E-state index < -0.39 is 17.7 Å². The van der Waals surface area contributed by atoms with Crippen LogP contribution in [0.25, 0.3) is 0 Å². The Balaban J connectivity index is 2.98. The van der Waals surface area contributed by atoms with Crippen molar-refractivity contribution in [2.75, 3.05) is 13.2 Å². The standard InChI is InChI=1S/C11H15F2NO/c1-2-14-10(6-7-15)11-8(12)4-3-5-9(11)13/h3-5,10,14-15H,2,6-7H2,1H3. The third kappa shape index (κ3) is 2.97. The Morgan fingerprint density at radius 2 is 1.93 bits per heavy atom. The van der Waals surface area contributed by atoms with Crippen molar-refractivity contribution in [2.45, 2.75) is 19.4 Å². The number of nitrogens with one attached hydrogen (secondary N) is 1. The summed E-state index contributed by atoms with van der Waals surface area (Å²) >= 11 is 0. The van der Waals surface area contributed by atoms with Gasteiger partial charge in [0.1, 0.15) is 11.6 Å². The van der Waals surface area contributed by atoms with Gasteiger partial charge in [-0.25, -0.2) is 8.78 Å². The SMILES string of the molecule is CCNC(CCO)c1c(F)cccc1F. The molecule has 15 heavy (non-hydrogen) atoms. The molecule has 84 valence electrons. The molecule has 0 heterocycles. The highest BCUT2D eigenvalue weighted by molar-refractivity contribution is 5.23. The minimum atomic E-state index is -0.575. The summed E-state index contributed by atoms with van der Waals surface area (Å²) in [5, 5.41) is 11.8. The molecule has 2 N–H and O–H groups in total. The number of halogens is 2. The molecule has 0 fully saturated rings. The fourth-order valence-corrected chi connectivity index (χ4v) is 1.57. The number of aliphatic hydroxyl groups excluding tert-OH is 1. The average molecular weight is 215 g/mol. The van der Waals surface area contributed by atoms with Crippen LogP contribution in [0, 0.1) is 11.6 Å². The molecule has 0 saturated carbocycles. The quantitative estimate of drug-likeness (QED) is 0.787. The van der Waals surface area contributed by atoms with Gasteiger partial charge < -0.3 is 10.4 Å².